The molecule has 0 bridgehead atoms. The Morgan fingerprint density at radius 2 is 2.12 bits per heavy atom. The molecular formula is C18H24N4OS2. The maximum atomic E-state index is 11.7. The van der Waals surface area contributed by atoms with E-state index in [1.807, 2.05) is 0 Å². The summed E-state index contributed by atoms with van der Waals surface area (Å²) in [5.74, 6) is 1.01. The fraction of sp³-hybridized carbons (Fsp3) is 0.556. The zero-order chi connectivity index (χ0) is 17.1. The Bertz CT molecular complexity index is 729. The number of hydrogen-bond donors (Lipinski definition) is 2. The average Bonchev–Trinajstić information content (AvgIpc) is 3.26. The maximum absolute atomic E-state index is 11.7. The highest BCUT2D eigenvalue weighted by Gasteiger charge is 2.32. The number of hydrogen-bond acceptors (Lipinski definition) is 6. The van der Waals surface area contributed by atoms with Gasteiger partial charge in [0.1, 0.15) is 0 Å². The van der Waals surface area contributed by atoms with Crippen LogP contribution in [0.25, 0.3) is 10.1 Å². The maximum Gasteiger partial charge on any atom is 0.230 e. The highest BCUT2D eigenvalue weighted by Crippen LogP contribution is 2.38. The molecule has 2 N–H and O–H groups in total. The molecule has 0 radical (unpaired) electrons. The monoisotopic (exact) mass is 376 g/mol. The molecule has 5 nitrogen and oxygen atoms in total. The number of benzene rings is 1. The highest BCUT2D eigenvalue weighted by molar-refractivity contribution is 8.01. The lowest BCUT2D eigenvalue weighted by atomic mass is 9.96. The standard InChI is InChI=1S/C18H24N4OS2/c23-16-12-24-18(20-16)14(5-3-9-22-10-7-19-8-11-22)17-13-4-1-2-6-15(13)25-21-17/h1-2,4,6,14,18-19H,3,5,7-12H2,(H,20,23). The van der Waals surface area contributed by atoms with Gasteiger partial charge in [-0.3, -0.25) is 4.79 Å². The molecule has 134 valence electrons. The van der Waals surface area contributed by atoms with Crippen molar-refractivity contribution < 1.29 is 4.79 Å². The van der Waals surface area contributed by atoms with Gasteiger partial charge in [0.15, 0.2) is 0 Å². The van der Waals surface area contributed by atoms with Crippen molar-refractivity contribution >= 4 is 39.3 Å². The molecule has 1 amide bonds. The van der Waals surface area contributed by atoms with Gasteiger partial charge in [-0.05, 0) is 37.0 Å². The Hall–Kier alpha value is -1.15. The normalized spacial score (nSPS) is 23.0. The molecule has 2 fully saturated rings. The van der Waals surface area contributed by atoms with E-state index in [0.717, 1.165) is 45.6 Å². The van der Waals surface area contributed by atoms with Gasteiger partial charge in [0.05, 0.1) is 21.5 Å². The number of piperazine rings is 1. The Labute approximate surface area is 156 Å². The Morgan fingerprint density at radius 1 is 1.28 bits per heavy atom. The zero-order valence-corrected chi connectivity index (χ0v) is 15.9. The fourth-order valence-electron chi connectivity index (χ4n) is 3.70. The summed E-state index contributed by atoms with van der Waals surface area (Å²) in [6.45, 7) is 5.59. The summed E-state index contributed by atoms with van der Waals surface area (Å²) in [4.78, 5) is 14.3. The fourth-order valence-corrected chi connectivity index (χ4v) is 5.67. The number of carbonyl (C=O) groups excluding carboxylic acids is 1. The van der Waals surface area contributed by atoms with E-state index in [0.29, 0.717) is 5.75 Å². The van der Waals surface area contributed by atoms with Gasteiger partial charge in [0.2, 0.25) is 5.91 Å². The third kappa shape index (κ3) is 4.00. The van der Waals surface area contributed by atoms with E-state index in [9.17, 15) is 4.79 Å². The van der Waals surface area contributed by atoms with Crippen molar-refractivity contribution in [2.24, 2.45) is 0 Å². The van der Waals surface area contributed by atoms with Crippen molar-refractivity contribution in [2.75, 3.05) is 38.5 Å². The first-order valence-corrected chi connectivity index (χ1v) is 10.8. The van der Waals surface area contributed by atoms with E-state index in [1.54, 1.807) is 23.3 Å². The van der Waals surface area contributed by atoms with E-state index in [-0.39, 0.29) is 17.2 Å². The molecule has 0 aliphatic carbocycles. The van der Waals surface area contributed by atoms with Crippen LogP contribution in [0.3, 0.4) is 0 Å². The van der Waals surface area contributed by atoms with Crippen LogP contribution in [0.2, 0.25) is 0 Å². The van der Waals surface area contributed by atoms with Gasteiger partial charge in [0, 0.05) is 37.5 Å². The molecule has 1 aromatic heterocycles. The predicted octanol–water partition coefficient (Wildman–Crippen LogP) is 2.25. The average molecular weight is 377 g/mol. The summed E-state index contributed by atoms with van der Waals surface area (Å²) in [6, 6.07) is 8.45. The lowest BCUT2D eigenvalue weighted by Crippen LogP contribution is -2.43. The molecule has 4 rings (SSSR count). The SMILES string of the molecule is O=C1CSC(C(CCCN2CCNCC2)c2nsc3ccccc23)N1. The molecule has 2 unspecified atom stereocenters. The quantitative estimate of drug-likeness (QED) is 0.810. The molecule has 25 heavy (non-hydrogen) atoms. The summed E-state index contributed by atoms with van der Waals surface area (Å²) in [6.07, 6.45) is 2.21. The smallest absolute Gasteiger partial charge is 0.230 e. The number of nitrogens with zero attached hydrogens (tertiary/aromatic N) is 2. The van der Waals surface area contributed by atoms with Crippen LogP contribution in [0.4, 0.5) is 0 Å². The minimum absolute atomic E-state index is 0.154. The second kappa shape index (κ2) is 8.03. The van der Waals surface area contributed by atoms with E-state index < -0.39 is 0 Å². The molecule has 2 saturated heterocycles. The topological polar surface area (TPSA) is 57.3 Å². The number of amides is 1. The van der Waals surface area contributed by atoms with E-state index >= 15 is 0 Å². The minimum atomic E-state index is 0.154. The summed E-state index contributed by atoms with van der Waals surface area (Å²) in [7, 11) is 0. The first-order valence-electron chi connectivity index (χ1n) is 8.99. The van der Waals surface area contributed by atoms with E-state index in [4.69, 9.17) is 4.37 Å². The highest BCUT2D eigenvalue weighted by atomic mass is 32.2. The molecule has 0 spiro atoms. The van der Waals surface area contributed by atoms with Gasteiger partial charge in [-0.1, -0.05) is 18.2 Å². The van der Waals surface area contributed by atoms with Crippen molar-refractivity contribution in [2.45, 2.75) is 24.1 Å². The number of rotatable bonds is 6. The van der Waals surface area contributed by atoms with Crippen molar-refractivity contribution in [1.29, 1.82) is 0 Å². The first kappa shape index (κ1) is 17.3. The van der Waals surface area contributed by atoms with Crippen LogP contribution in [-0.2, 0) is 4.79 Å². The zero-order valence-electron chi connectivity index (χ0n) is 14.2. The number of nitrogens with one attached hydrogen (secondary N) is 2. The van der Waals surface area contributed by atoms with Gasteiger partial charge in [0.25, 0.3) is 0 Å². The number of aromatic nitrogens is 1. The van der Waals surface area contributed by atoms with Crippen molar-refractivity contribution in [3.05, 3.63) is 30.0 Å². The summed E-state index contributed by atoms with van der Waals surface area (Å²) >= 11 is 3.30. The van der Waals surface area contributed by atoms with Crippen LogP contribution in [0, 0.1) is 0 Å². The lowest BCUT2D eigenvalue weighted by molar-refractivity contribution is -0.118. The Morgan fingerprint density at radius 3 is 2.92 bits per heavy atom. The Kier molecular flexibility index (Phi) is 5.55. The van der Waals surface area contributed by atoms with Crippen LogP contribution >= 0.6 is 23.3 Å². The van der Waals surface area contributed by atoms with Gasteiger partial charge < -0.3 is 15.5 Å². The van der Waals surface area contributed by atoms with Gasteiger partial charge in [-0.2, -0.15) is 4.37 Å². The number of carbonyl (C=O) groups is 1. The number of thioether (sulfide) groups is 1. The predicted molar refractivity (Wildman–Crippen MR) is 105 cm³/mol. The molecule has 0 saturated carbocycles. The summed E-state index contributed by atoms with van der Waals surface area (Å²) in [5, 5.41) is 7.97. The molecule has 7 heteroatoms. The summed E-state index contributed by atoms with van der Waals surface area (Å²) < 4.78 is 6.02. The molecule has 2 aliphatic rings. The lowest BCUT2D eigenvalue weighted by Gasteiger charge is -2.28. The molecule has 2 aromatic rings. The van der Waals surface area contributed by atoms with Crippen LogP contribution in [0.15, 0.2) is 24.3 Å². The molecule has 2 atom stereocenters. The van der Waals surface area contributed by atoms with E-state index in [1.165, 1.54) is 15.8 Å². The van der Waals surface area contributed by atoms with Crippen molar-refractivity contribution in [3.63, 3.8) is 0 Å². The van der Waals surface area contributed by atoms with Crippen LogP contribution < -0.4 is 10.6 Å². The largest absolute Gasteiger partial charge is 0.343 e. The van der Waals surface area contributed by atoms with Gasteiger partial charge in [-0.15, -0.1) is 11.8 Å². The van der Waals surface area contributed by atoms with Crippen LogP contribution in [0.5, 0.6) is 0 Å². The molecule has 3 heterocycles. The first-order chi connectivity index (χ1) is 12.3. The Balaban J connectivity index is 1.49. The third-order valence-corrected chi connectivity index (χ3v) is 7.09. The van der Waals surface area contributed by atoms with Crippen molar-refractivity contribution in [1.82, 2.24) is 19.9 Å². The van der Waals surface area contributed by atoms with Gasteiger partial charge >= 0.3 is 0 Å². The molecule has 2 aliphatic heterocycles. The van der Waals surface area contributed by atoms with E-state index in [2.05, 4.69) is 39.8 Å². The number of fused-ring (bicyclic) bond motifs is 1. The minimum Gasteiger partial charge on any atom is -0.343 e. The second-order valence-electron chi connectivity index (χ2n) is 6.70. The molecule has 1 aromatic carbocycles. The van der Waals surface area contributed by atoms with Crippen molar-refractivity contribution in [3.8, 4) is 0 Å². The second-order valence-corrected chi connectivity index (χ2v) is 8.64. The third-order valence-electron chi connectivity index (χ3n) is 5.02. The summed E-state index contributed by atoms with van der Waals surface area (Å²) in [5.41, 5.74) is 1.17. The van der Waals surface area contributed by atoms with Crippen LogP contribution in [-0.4, -0.2) is 59.0 Å². The van der Waals surface area contributed by atoms with Gasteiger partial charge in [-0.25, -0.2) is 0 Å². The molecular weight excluding hydrogens is 352 g/mol. The van der Waals surface area contributed by atoms with Crippen LogP contribution in [0.1, 0.15) is 24.5 Å².